The Kier molecular flexibility index (Phi) is 5.40. The summed E-state index contributed by atoms with van der Waals surface area (Å²) in [5.41, 5.74) is 0.313. The topological polar surface area (TPSA) is 40.5 Å². The average molecular weight is 289 g/mol. The molecule has 3 nitrogen and oxygen atoms in total. The van der Waals surface area contributed by atoms with Gasteiger partial charge in [0.15, 0.2) is 0 Å². The van der Waals surface area contributed by atoms with Crippen LogP contribution in [-0.4, -0.2) is 35.6 Å². The molecule has 1 aliphatic carbocycles. The van der Waals surface area contributed by atoms with Gasteiger partial charge in [-0.25, -0.2) is 0 Å². The second-order valence-corrected chi connectivity index (χ2v) is 6.05. The van der Waals surface area contributed by atoms with E-state index in [1.165, 1.54) is 0 Å². The van der Waals surface area contributed by atoms with Crippen LogP contribution in [0.3, 0.4) is 0 Å². The summed E-state index contributed by atoms with van der Waals surface area (Å²) in [6.45, 7) is 7.41. The smallest absolute Gasteiger partial charge is 0.314 e. The van der Waals surface area contributed by atoms with Crippen LogP contribution in [0.15, 0.2) is 30.3 Å². The molecule has 0 saturated heterocycles. The van der Waals surface area contributed by atoms with Crippen LogP contribution in [0.4, 0.5) is 0 Å². The first-order chi connectivity index (χ1) is 10.1. The molecule has 21 heavy (non-hydrogen) atoms. The van der Waals surface area contributed by atoms with Crippen molar-refractivity contribution >= 4 is 5.97 Å². The average Bonchev–Trinajstić information content (AvgIpc) is 2.94. The molecule has 1 aliphatic rings. The predicted octanol–water partition coefficient (Wildman–Crippen LogP) is 3.54. The van der Waals surface area contributed by atoms with Gasteiger partial charge in [0, 0.05) is 0 Å². The Hall–Kier alpha value is -1.35. The van der Waals surface area contributed by atoms with Crippen LogP contribution in [-0.2, 0) is 10.2 Å². The molecule has 0 spiro atoms. The van der Waals surface area contributed by atoms with Crippen LogP contribution in [0.1, 0.15) is 45.1 Å². The first-order valence-electron chi connectivity index (χ1n) is 8.16. The standard InChI is InChI=1S/C18H27NO2/c1-3-19(4-2)14-12-16-11-8-13-18(16,17(20)21)15-9-6-5-7-10-15/h5-7,9-10,16H,3-4,8,11-14H2,1-2H3,(H,20,21). The molecule has 1 fully saturated rings. The summed E-state index contributed by atoms with van der Waals surface area (Å²) in [4.78, 5) is 14.5. The summed E-state index contributed by atoms with van der Waals surface area (Å²) >= 11 is 0. The number of benzene rings is 1. The van der Waals surface area contributed by atoms with Gasteiger partial charge in [-0.1, -0.05) is 50.6 Å². The van der Waals surface area contributed by atoms with E-state index in [-0.39, 0.29) is 5.92 Å². The van der Waals surface area contributed by atoms with Gasteiger partial charge in [0.05, 0.1) is 5.41 Å². The molecule has 0 aromatic heterocycles. The summed E-state index contributed by atoms with van der Waals surface area (Å²) < 4.78 is 0. The molecule has 116 valence electrons. The van der Waals surface area contributed by atoms with Gasteiger partial charge >= 0.3 is 5.97 Å². The van der Waals surface area contributed by atoms with E-state index in [0.717, 1.165) is 50.9 Å². The summed E-state index contributed by atoms with van der Waals surface area (Å²) in [6, 6.07) is 9.85. The van der Waals surface area contributed by atoms with E-state index in [1.807, 2.05) is 30.3 Å². The summed E-state index contributed by atoms with van der Waals surface area (Å²) in [5, 5.41) is 9.95. The highest BCUT2D eigenvalue weighted by Gasteiger charge is 2.50. The van der Waals surface area contributed by atoms with E-state index < -0.39 is 11.4 Å². The second-order valence-electron chi connectivity index (χ2n) is 6.05. The van der Waals surface area contributed by atoms with Gasteiger partial charge in [-0.3, -0.25) is 4.79 Å². The van der Waals surface area contributed by atoms with Crippen LogP contribution in [0.5, 0.6) is 0 Å². The molecular weight excluding hydrogens is 262 g/mol. The van der Waals surface area contributed by atoms with Crippen molar-refractivity contribution in [3.8, 4) is 0 Å². The lowest BCUT2D eigenvalue weighted by Gasteiger charge is -2.33. The fourth-order valence-electron chi connectivity index (χ4n) is 3.87. The third-order valence-corrected chi connectivity index (χ3v) is 5.18. The van der Waals surface area contributed by atoms with Crippen molar-refractivity contribution in [3.63, 3.8) is 0 Å². The van der Waals surface area contributed by atoms with Crippen LogP contribution in [0.2, 0.25) is 0 Å². The van der Waals surface area contributed by atoms with Crippen molar-refractivity contribution in [3.05, 3.63) is 35.9 Å². The number of carboxylic acids is 1. The Morgan fingerprint density at radius 2 is 1.95 bits per heavy atom. The molecule has 2 unspecified atom stereocenters. The Labute approximate surface area is 128 Å². The maximum atomic E-state index is 12.1. The molecule has 0 aliphatic heterocycles. The summed E-state index contributed by atoms with van der Waals surface area (Å²) in [7, 11) is 0. The van der Waals surface area contributed by atoms with Crippen LogP contribution in [0.25, 0.3) is 0 Å². The van der Waals surface area contributed by atoms with Crippen molar-refractivity contribution in [1.29, 1.82) is 0 Å². The van der Waals surface area contributed by atoms with E-state index in [0.29, 0.717) is 0 Å². The number of nitrogens with zero attached hydrogens (tertiary/aromatic N) is 1. The fraction of sp³-hybridized carbons (Fsp3) is 0.611. The van der Waals surface area contributed by atoms with E-state index >= 15 is 0 Å². The van der Waals surface area contributed by atoms with Gasteiger partial charge in [-0.15, -0.1) is 0 Å². The highest BCUT2D eigenvalue weighted by atomic mass is 16.4. The van der Waals surface area contributed by atoms with Gasteiger partial charge in [-0.05, 0) is 50.4 Å². The van der Waals surface area contributed by atoms with Crippen molar-refractivity contribution in [2.24, 2.45) is 5.92 Å². The van der Waals surface area contributed by atoms with E-state index in [9.17, 15) is 9.90 Å². The highest BCUT2D eigenvalue weighted by Crippen LogP contribution is 2.47. The molecule has 3 heteroatoms. The SMILES string of the molecule is CCN(CC)CCC1CCCC1(C(=O)O)c1ccccc1. The number of aliphatic carboxylic acids is 1. The monoisotopic (exact) mass is 289 g/mol. The fourth-order valence-corrected chi connectivity index (χ4v) is 3.87. The number of hydrogen-bond donors (Lipinski definition) is 1. The number of rotatable bonds is 7. The van der Waals surface area contributed by atoms with Crippen molar-refractivity contribution in [1.82, 2.24) is 4.90 Å². The minimum absolute atomic E-state index is 0.248. The zero-order valence-corrected chi connectivity index (χ0v) is 13.2. The molecule has 1 saturated carbocycles. The van der Waals surface area contributed by atoms with Crippen LogP contribution < -0.4 is 0 Å². The zero-order valence-electron chi connectivity index (χ0n) is 13.2. The Balaban J connectivity index is 2.21. The molecule has 1 aromatic carbocycles. The lowest BCUT2D eigenvalue weighted by atomic mass is 9.71. The van der Waals surface area contributed by atoms with Gasteiger partial charge in [0.2, 0.25) is 0 Å². The van der Waals surface area contributed by atoms with E-state index in [1.54, 1.807) is 0 Å². The first-order valence-corrected chi connectivity index (χ1v) is 8.16. The molecular formula is C18H27NO2. The summed E-state index contributed by atoms with van der Waals surface area (Å²) in [6.07, 6.45) is 3.80. The number of hydrogen-bond acceptors (Lipinski definition) is 2. The molecule has 1 N–H and O–H groups in total. The van der Waals surface area contributed by atoms with Gasteiger partial charge in [-0.2, -0.15) is 0 Å². The van der Waals surface area contributed by atoms with Gasteiger partial charge in [0.25, 0.3) is 0 Å². The van der Waals surface area contributed by atoms with Crippen molar-refractivity contribution in [2.75, 3.05) is 19.6 Å². The quantitative estimate of drug-likeness (QED) is 0.834. The molecule has 0 heterocycles. The predicted molar refractivity (Wildman–Crippen MR) is 85.5 cm³/mol. The first kappa shape index (κ1) is 16.0. The maximum absolute atomic E-state index is 12.1. The largest absolute Gasteiger partial charge is 0.481 e. The minimum Gasteiger partial charge on any atom is -0.481 e. The van der Waals surface area contributed by atoms with Gasteiger partial charge < -0.3 is 10.0 Å². The molecule has 0 amide bonds. The lowest BCUT2D eigenvalue weighted by molar-refractivity contribution is -0.145. The lowest BCUT2D eigenvalue weighted by Crippen LogP contribution is -2.41. The van der Waals surface area contributed by atoms with Crippen molar-refractivity contribution in [2.45, 2.75) is 44.9 Å². The normalized spacial score (nSPS) is 25.4. The molecule has 0 bridgehead atoms. The maximum Gasteiger partial charge on any atom is 0.314 e. The summed E-state index contributed by atoms with van der Waals surface area (Å²) in [5.74, 6) is -0.395. The Morgan fingerprint density at radius 3 is 2.52 bits per heavy atom. The van der Waals surface area contributed by atoms with E-state index in [4.69, 9.17) is 0 Å². The number of carboxylic acid groups (broad SMARTS) is 1. The highest BCUT2D eigenvalue weighted by molar-refractivity contribution is 5.82. The Morgan fingerprint density at radius 1 is 1.29 bits per heavy atom. The third-order valence-electron chi connectivity index (χ3n) is 5.18. The molecule has 0 radical (unpaired) electrons. The molecule has 2 rings (SSSR count). The minimum atomic E-state index is -0.672. The molecule has 1 aromatic rings. The van der Waals surface area contributed by atoms with Crippen LogP contribution >= 0.6 is 0 Å². The second kappa shape index (κ2) is 7.08. The Bertz CT molecular complexity index is 456. The zero-order chi connectivity index (χ0) is 15.3. The van der Waals surface area contributed by atoms with Gasteiger partial charge in [0.1, 0.15) is 0 Å². The van der Waals surface area contributed by atoms with Crippen molar-refractivity contribution < 1.29 is 9.90 Å². The third kappa shape index (κ3) is 3.13. The van der Waals surface area contributed by atoms with Crippen LogP contribution in [0, 0.1) is 5.92 Å². The van der Waals surface area contributed by atoms with E-state index in [2.05, 4.69) is 18.7 Å². The number of carbonyl (C=O) groups is 1. The molecule has 2 atom stereocenters.